The van der Waals surface area contributed by atoms with Gasteiger partial charge >= 0.3 is 5.97 Å². The van der Waals surface area contributed by atoms with Gasteiger partial charge in [-0.2, -0.15) is 0 Å². The molecule has 0 unspecified atom stereocenters. The highest BCUT2D eigenvalue weighted by Gasteiger charge is 2.20. The summed E-state index contributed by atoms with van der Waals surface area (Å²) in [4.78, 5) is 10.6. The largest absolute Gasteiger partial charge is 0.478 e. The van der Waals surface area contributed by atoms with E-state index in [1.165, 1.54) is 13.8 Å². The minimum atomic E-state index is -3.72. The topological polar surface area (TPSA) is 71.4 Å². The molecule has 0 saturated heterocycles. The first-order valence-corrected chi connectivity index (χ1v) is 6.60. The molecule has 0 aliphatic rings. The summed E-state index contributed by atoms with van der Waals surface area (Å²) in [6.45, 7) is 2.81. The summed E-state index contributed by atoms with van der Waals surface area (Å²) in [5.41, 5.74) is -0.684. The molecule has 0 aliphatic carbocycles. The number of sulfone groups is 1. The van der Waals surface area contributed by atoms with Crippen LogP contribution in [0.2, 0.25) is 0 Å². The van der Waals surface area contributed by atoms with Gasteiger partial charge in [0.25, 0.3) is 0 Å². The average molecular weight is 270 g/mol. The Hall–Kier alpha value is -1.87. The van der Waals surface area contributed by atoms with Crippen LogP contribution in [0.25, 0.3) is 0 Å². The van der Waals surface area contributed by atoms with E-state index < -0.39 is 32.9 Å². The number of hydrogen-bond acceptors (Lipinski definition) is 3. The molecule has 0 atom stereocenters. The molecule has 18 heavy (non-hydrogen) atoms. The van der Waals surface area contributed by atoms with E-state index in [0.717, 1.165) is 12.1 Å². The lowest BCUT2D eigenvalue weighted by Crippen LogP contribution is -2.10. The molecule has 0 aliphatic heterocycles. The van der Waals surface area contributed by atoms with Crippen LogP contribution in [-0.2, 0) is 9.84 Å². The van der Waals surface area contributed by atoms with Gasteiger partial charge in [0.15, 0.2) is 9.84 Å². The second kappa shape index (κ2) is 5.19. The van der Waals surface area contributed by atoms with Crippen molar-refractivity contribution in [3.8, 4) is 11.8 Å². The zero-order valence-corrected chi connectivity index (χ0v) is 10.6. The molecule has 0 radical (unpaired) electrons. The lowest BCUT2D eigenvalue weighted by atomic mass is 10.1. The van der Waals surface area contributed by atoms with Crippen LogP contribution in [0, 0.1) is 24.6 Å². The Kier molecular flexibility index (Phi) is 4.09. The number of aromatic carboxylic acids is 1. The van der Waals surface area contributed by atoms with E-state index in [0.29, 0.717) is 0 Å². The first-order chi connectivity index (χ1) is 8.29. The summed E-state index contributed by atoms with van der Waals surface area (Å²) < 4.78 is 37.1. The lowest BCUT2D eigenvalue weighted by molar-refractivity contribution is 0.0691. The number of halogens is 1. The number of carbonyl (C=O) groups is 1. The maximum atomic E-state index is 13.5. The van der Waals surface area contributed by atoms with Crippen LogP contribution in [0.1, 0.15) is 22.8 Å². The Balaban J connectivity index is 3.43. The third-order valence-corrected chi connectivity index (χ3v) is 3.73. The number of carboxylic acids is 1. The van der Waals surface area contributed by atoms with E-state index in [-0.39, 0.29) is 10.5 Å². The Labute approximate surface area is 104 Å². The summed E-state index contributed by atoms with van der Waals surface area (Å²) in [6, 6.07) is 1.92. The van der Waals surface area contributed by atoms with Crippen molar-refractivity contribution in [3.05, 3.63) is 29.1 Å². The predicted molar refractivity (Wildman–Crippen MR) is 63.6 cm³/mol. The third kappa shape index (κ3) is 2.87. The van der Waals surface area contributed by atoms with Gasteiger partial charge in [-0.1, -0.05) is 5.92 Å². The summed E-state index contributed by atoms with van der Waals surface area (Å²) in [5.74, 6) is 1.97. The third-order valence-electron chi connectivity index (χ3n) is 2.26. The molecule has 1 aromatic carbocycles. The fourth-order valence-electron chi connectivity index (χ4n) is 1.32. The van der Waals surface area contributed by atoms with Gasteiger partial charge in [0, 0.05) is 0 Å². The zero-order chi connectivity index (χ0) is 13.9. The summed E-state index contributed by atoms with van der Waals surface area (Å²) in [5, 5.41) is 8.79. The van der Waals surface area contributed by atoms with Crippen molar-refractivity contribution < 1.29 is 22.7 Å². The predicted octanol–water partition coefficient (Wildman–Crippen LogP) is 1.63. The molecule has 1 aromatic rings. The summed E-state index contributed by atoms with van der Waals surface area (Å²) in [6.07, 6.45) is 0. The van der Waals surface area contributed by atoms with Crippen LogP contribution in [0.4, 0.5) is 4.39 Å². The molecule has 0 heterocycles. The minimum absolute atomic E-state index is 0.0297. The summed E-state index contributed by atoms with van der Waals surface area (Å²) in [7, 11) is -3.72. The number of benzene rings is 1. The molecule has 0 fully saturated rings. The van der Waals surface area contributed by atoms with Gasteiger partial charge in [-0.15, -0.1) is 5.92 Å². The molecule has 0 amide bonds. The zero-order valence-electron chi connectivity index (χ0n) is 9.82. The average Bonchev–Trinajstić information content (AvgIpc) is 2.29. The van der Waals surface area contributed by atoms with E-state index in [2.05, 4.69) is 11.8 Å². The molecular weight excluding hydrogens is 259 g/mol. The molecule has 1 N–H and O–H groups in total. The van der Waals surface area contributed by atoms with Gasteiger partial charge in [-0.3, -0.25) is 0 Å². The van der Waals surface area contributed by atoms with Crippen LogP contribution in [0.5, 0.6) is 0 Å². The highest BCUT2D eigenvalue weighted by atomic mass is 32.2. The number of carboxylic acid groups (broad SMARTS) is 1. The van der Waals surface area contributed by atoms with Crippen LogP contribution in [-0.4, -0.2) is 25.2 Å². The molecule has 96 valence electrons. The van der Waals surface area contributed by atoms with Crippen molar-refractivity contribution in [2.75, 3.05) is 5.75 Å². The Bertz CT molecular complexity index is 651. The fourth-order valence-corrected chi connectivity index (χ4v) is 2.48. The Morgan fingerprint density at radius 2 is 2.06 bits per heavy atom. The van der Waals surface area contributed by atoms with Crippen molar-refractivity contribution >= 4 is 15.8 Å². The van der Waals surface area contributed by atoms with Crippen LogP contribution in [0.3, 0.4) is 0 Å². The van der Waals surface area contributed by atoms with Crippen molar-refractivity contribution in [2.24, 2.45) is 0 Å². The van der Waals surface area contributed by atoms with E-state index >= 15 is 0 Å². The molecular formula is C12H11FO4S. The Morgan fingerprint density at radius 3 is 2.56 bits per heavy atom. The van der Waals surface area contributed by atoms with Crippen LogP contribution in [0.15, 0.2) is 17.0 Å². The second-order valence-corrected chi connectivity index (χ2v) is 5.58. The first-order valence-electron chi connectivity index (χ1n) is 4.95. The standard InChI is InChI=1S/C12H11FO4S/c1-3-4-5-18(16,17)9-6-8(2)11(13)10(7-9)12(14)15/h6-7H,5H2,1-2H3,(H,14,15). The van der Waals surface area contributed by atoms with Gasteiger partial charge in [0.2, 0.25) is 0 Å². The van der Waals surface area contributed by atoms with Crippen molar-refractivity contribution in [1.82, 2.24) is 0 Å². The van der Waals surface area contributed by atoms with Gasteiger partial charge in [0.1, 0.15) is 11.6 Å². The molecule has 6 heteroatoms. The second-order valence-electron chi connectivity index (χ2n) is 3.59. The van der Waals surface area contributed by atoms with E-state index in [9.17, 15) is 17.6 Å². The highest BCUT2D eigenvalue weighted by molar-refractivity contribution is 7.91. The SMILES string of the molecule is CC#CCS(=O)(=O)c1cc(C)c(F)c(C(=O)O)c1. The first kappa shape index (κ1) is 14.2. The van der Waals surface area contributed by atoms with Crippen molar-refractivity contribution in [3.63, 3.8) is 0 Å². The van der Waals surface area contributed by atoms with E-state index in [1.54, 1.807) is 0 Å². The van der Waals surface area contributed by atoms with E-state index in [4.69, 9.17) is 5.11 Å². The van der Waals surface area contributed by atoms with Gasteiger partial charge in [-0.05, 0) is 31.5 Å². The number of rotatable bonds is 3. The summed E-state index contributed by atoms with van der Waals surface area (Å²) >= 11 is 0. The smallest absolute Gasteiger partial charge is 0.338 e. The molecule has 1 rings (SSSR count). The maximum Gasteiger partial charge on any atom is 0.338 e. The molecule has 0 saturated carbocycles. The highest BCUT2D eigenvalue weighted by Crippen LogP contribution is 2.20. The van der Waals surface area contributed by atoms with E-state index in [1.807, 2.05) is 0 Å². The number of aryl methyl sites for hydroxylation is 1. The van der Waals surface area contributed by atoms with Crippen molar-refractivity contribution in [1.29, 1.82) is 0 Å². The lowest BCUT2D eigenvalue weighted by Gasteiger charge is -2.06. The fraction of sp³-hybridized carbons (Fsp3) is 0.250. The molecule has 0 aromatic heterocycles. The van der Waals surface area contributed by atoms with Crippen molar-refractivity contribution in [2.45, 2.75) is 18.7 Å². The molecule has 0 spiro atoms. The van der Waals surface area contributed by atoms with Gasteiger partial charge < -0.3 is 5.11 Å². The number of hydrogen-bond donors (Lipinski definition) is 1. The van der Waals surface area contributed by atoms with Gasteiger partial charge in [-0.25, -0.2) is 17.6 Å². The van der Waals surface area contributed by atoms with Crippen LogP contribution >= 0.6 is 0 Å². The monoisotopic (exact) mass is 270 g/mol. The molecule has 4 nitrogen and oxygen atoms in total. The quantitative estimate of drug-likeness (QED) is 0.669. The maximum absolute atomic E-state index is 13.5. The molecule has 0 bridgehead atoms. The van der Waals surface area contributed by atoms with Gasteiger partial charge in [0.05, 0.1) is 10.5 Å². The Morgan fingerprint density at radius 1 is 1.44 bits per heavy atom. The minimum Gasteiger partial charge on any atom is -0.478 e. The normalized spacial score (nSPS) is 10.6. The van der Waals surface area contributed by atoms with Crippen LogP contribution < -0.4 is 0 Å².